The molecule has 0 heterocycles. The maximum atomic E-state index is 6.06. The summed E-state index contributed by atoms with van der Waals surface area (Å²) >= 11 is 0. The van der Waals surface area contributed by atoms with Gasteiger partial charge in [-0.15, -0.1) is 0 Å². The van der Waals surface area contributed by atoms with Gasteiger partial charge in [-0.1, -0.05) is 36.3 Å². The van der Waals surface area contributed by atoms with Gasteiger partial charge in [-0.25, -0.2) is 0 Å². The standard InChI is InChI=1S/C12H16N2O/c1-2-7-15-14-11-8-9-5-3-4-6-10(9)12(11)13/h3-6,12H,2,7-8,13H2,1H3/b14-11-. The highest BCUT2D eigenvalue weighted by Crippen LogP contribution is 2.26. The topological polar surface area (TPSA) is 47.6 Å². The number of hydrogen-bond donors (Lipinski definition) is 1. The molecule has 0 aliphatic heterocycles. The van der Waals surface area contributed by atoms with Gasteiger partial charge in [0.25, 0.3) is 0 Å². The van der Waals surface area contributed by atoms with Gasteiger partial charge < -0.3 is 10.6 Å². The van der Waals surface area contributed by atoms with Crippen LogP contribution < -0.4 is 5.73 Å². The van der Waals surface area contributed by atoms with Crippen molar-refractivity contribution in [1.29, 1.82) is 0 Å². The van der Waals surface area contributed by atoms with E-state index in [2.05, 4.69) is 24.2 Å². The second-order valence-electron chi connectivity index (χ2n) is 3.77. The minimum atomic E-state index is -0.0851. The number of hydrogen-bond acceptors (Lipinski definition) is 3. The van der Waals surface area contributed by atoms with Gasteiger partial charge in [0.1, 0.15) is 6.61 Å². The quantitative estimate of drug-likeness (QED) is 0.605. The lowest BCUT2D eigenvalue weighted by molar-refractivity contribution is 0.144. The van der Waals surface area contributed by atoms with Crippen molar-refractivity contribution in [2.45, 2.75) is 25.8 Å². The van der Waals surface area contributed by atoms with Crippen LogP contribution in [-0.4, -0.2) is 12.3 Å². The number of oxime groups is 1. The lowest BCUT2D eigenvalue weighted by Crippen LogP contribution is -2.16. The lowest BCUT2D eigenvalue weighted by Gasteiger charge is -2.05. The van der Waals surface area contributed by atoms with E-state index >= 15 is 0 Å². The zero-order valence-electron chi connectivity index (χ0n) is 8.94. The molecule has 2 N–H and O–H groups in total. The van der Waals surface area contributed by atoms with Crippen LogP contribution in [-0.2, 0) is 11.3 Å². The summed E-state index contributed by atoms with van der Waals surface area (Å²) in [6.07, 6.45) is 1.79. The van der Waals surface area contributed by atoms with Crippen molar-refractivity contribution in [3.05, 3.63) is 35.4 Å². The van der Waals surface area contributed by atoms with Crippen LogP contribution in [0.1, 0.15) is 30.5 Å². The summed E-state index contributed by atoms with van der Waals surface area (Å²) in [7, 11) is 0. The second kappa shape index (κ2) is 4.45. The first-order valence-corrected chi connectivity index (χ1v) is 5.35. The molecule has 0 saturated carbocycles. The molecule has 0 aromatic heterocycles. The highest BCUT2D eigenvalue weighted by Gasteiger charge is 2.25. The fraction of sp³-hybridized carbons (Fsp3) is 0.417. The van der Waals surface area contributed by atoms with Crippen LogP contribution >= 0.6 is 0 Å². The Balaban J connectivity index is 2.12. The number of nitrogens with zero attached hydrogens (tertiary/aromatic N) is 1. The molecule has 0 amide bonds. The summed E-state index contributed by atoms with van der Waals surface area (Å²) < 4.78 is 0. The van der Waals surface area contributed by atoms with Crippen LogP contribution in [0.25, 0.3) is 0 Å². The van der Waals surface area contributed by atoms with Gasteiger partial charge in [0.2, 0.25) is 0 Å². The molecule has 15 heavy (non-hydrogen) atoms. The molecule has 1 unspecified atom stereocenters. The normalized spacial score (nSPS) is 21.7. The van der Waals surface area contributed by atoms with Crippen LogP contribution in [0.3, 0.4) is 0 Å². The monoisotopic (exact) mass is 204 g/mol. The minimum Gasteiger partial charge on any atom is -0.396 e. The van der Waals surface area contributed by atoms with E-state index < -0.39 is 0 Å². The van der Waals surface area contributed by atoms with Gasteiger partial charge in [-0.05, 0) is 17.5 Å². The van der Waals surface area contributed by atoms with E-state index in [0.717, 1.165) is 18.6 Å². The van der Waals surface area contributed by atoms with E-state index in [0.29, 0.717) is 6.61 Å². The van der Waals surface area contributed by atoms with Crippen LogP contribution in [0.15, 0.2) is 29.4 Å². The number of nitrogens with two attached hydrogens (primary N) is 1. The molecule has 3 nitrogen and oxygen atoms in total. The molecular weight excluding hydrogens is 188 g/mol. The molecule has 80 valence electrons. The van der Waals surface area contributed by atoms with Crippen molar-refractivity contribution >= 4 is 5.71 Å². The lowest BCUT2D eigenvalue weighted by atomic mass is 10.1. The van der Waals surface area contributed by atoms with Crippen LogP contribution in [0.5, 0.6) is 0 Å². The van der Waals surface area contributed by atoms with E-state index in [1.165, 1.54) is 11.1 Å². The van der Waals surface area contributed by atoms with E-state index in [-0.39, 0.29) is 6.04 Å². The van der Waals surface area contributed by atoms with Gasteiger partial charge in [0.15, 0.2) is 0 Å². The van der Waals surface area contributed by atoms with Crippen molar-refractivity contribution in [2.75, 3.05) is 6.61 Å². The summed E-state index contributed by atoms with van der Waals surface area (Å²) in [4.78, 5) is 5.18. The summed E-state index contributed by atoms with van der Waals surface area (Å²) in [5, 5.41) is 4.10. The highest BCUT2D eigenvalue weighted by molar-refractivity contribution is 5.96. The van der Waals surface area contributed by atoms with Gasteiger partial charge in [-0.2, -0.15) is 0 Å². The molecule has 2 rings (SSSR count). The molecule has 0 bridgehead atoms. The molecule has 3 heteroatoms. The summed E-state index contributed by atoms with van der Waals surface area (Å²) in [5.41, 5.74) is 9.44. The molecule has 1 atom stereocenters. The summed E-state index contributed by atoms with van der Waals surface area (Å²) in [6.45, 7) is 2.72. The maximum absolute atomic E-state index is 6.06. The van der Waals surface area contributed by atoms with Gasteiger partial charge in [0.05, 0.1) is 11.8 Å². The molecule has 0 radical (unpaired) electrons. The Morgan fingerprint density at radius 1 is 1.47 bits per heavy atom. The smallest absolute Gasteiger partial charge is 0.116 e. The Morgan fingerprint density at radius 2 is 2.27 bits per heavy atom. The predicted octanol–water partition coefficient (Wildman–Crippen LogP) is 2.03. The van der Waals surface area contributed by atoms with Crippen LogP contribution in [0.2, 0.25) is 0 Å². The third kappa shape index (κ3) is 2.02. The van der Waals surface area contributed by atoms with Gasteiger partial charge in [0, 0.05) is 6.42 Å². The first-order chi connectivity index (χ1) is 7.33. The van der Waals surface area contributed by atoms with Gasteiger partial charge in [-0.3, -0.25) is 0 Å². The summed E-state index contributed by atoms with van der Waals surface area (Å²) in [5.74, 6) is 0. The maximum Gasteiger partial charge on any atom is 0.116 e. The second-order valence-corrected chi connectivity index (χ2v) is 3.77. The van der Waals surface area contributed by atoms with Crippen LogP contribution in [0.4, 0.5) is 0 Å². The molecular formula is C12H16N2O. The molecule has 1 aromatic rings. The first kappa shape index (κ1) is 10.2. The van der Waals surface area contributed by atoms with E-state index in [4.69, 9.17) is 10.6 Å². The van der Waals surface area contributed by atoms with Gasteiger partial charge >= 0.3 is 0 Å². The molecule has 1 aromatic carbocycles. The Bertz CT molecular complexity index is 374. The highest BCUT2D eigenvalue weighted by atomic mass is 16.6. The third-order valence-corrected chi connectivity index (χ3v) is 2.60. The largest absolute Gasteiger partial charge is 0.396 e. The predicted molar refractivity (Wildman–Crippen MR) is 60.8 cm³/mol. The summed E-state index contributed by atoms with van der Waals surface area (Å²) in [6, 6.07) is 8.11. The number of fused-ring (bicyclic) bond motifs is 1. The zero-order chi connectivity index (χ0) is 10.7. The van der Waals surface area contributed by atoms with Crippen molar-refractivity contribution in [3.63, 3.8) is 0 Å². The average molecular weight is 204 g/mol. The molecule has 0 saturated heterocycles. The molecule has 0 spiro atoms. The van der Waals surface area contributed by atoms with E-state index in [9.17, 15) is 0 Å². The van der Waals surface area contributed by atoms with E-state index in [1.54, 1.807) is 0 Å². The van der Waals surface area contributed by atoms with Crippen molar-refractivity contribution < 1.29 is 4.84 Å². The van der Waals surface area contributed by atoms with Crippen molar-refractivity contribution in [1.82, 2.24) is 0 Å². The zero-order valence-corrected chi connectivity index (χ0v) is 8.94. The fourth-order valence-electron chi connectivity index (χ4n) is 1.79. The number of benzene rings is 1. The average Bonchev–Trinajstić information content (AvgIpc) is 2.57. The Hall–Kier alpha value is -1.35. The molecule has 1 aliphatic carbocycles. The minimum absolute atomic E-state index is 0.0851. The van der Waals surface area contributed by atoms with Crippen LogP contribution in [0, 0.1) is 0 Å². The molecule has 1 aliphatic rings. The van der Waals surface area contributed by atoms with E-state index in [1.807, 2.05) is 12.1 Å². The first-order valence-electron chi connectivity index (χ1n) is 5.35. The van der Waals surface area contributed by atoms with Crippen molar-refractivity contribution in [3.8, 4) is 0 Å². The SMILES string of the molecule is CCCO/N=C1/Cc2ccccc2C1N. The molecule has 0 fully saturated rings. The fourth-order valence-corrected chi connectivity index (χ4v) is 1.79. The number of rotatable bonds is 3. The third-order valence-electron chi connectivity index (χ3n) is 2.60. The Kier molecular flexibility index (Phi) is 3.02. The Morgan fingerprint density at radius 3 is 3.00 bits per heavy atom. The van der Waals surface area contributed by atoms with Crippen molar-refractivity contribution in [2.24, 2.45) is 10.9 Å². The Labute approximate surface area is 89.9 Å².